The normalized spacial score (nSPS) is 11.1. The predicted molar refractivity (Wildman–Crippen MR) is 125 cm³/mol. The number of nitrogens with one attached hydrogen (secondary N) is 3. The van der Waals surface area contributed by atoms with E-state index in [0.717, 1.165) is 16.5 Å². The van der Waals surface area contributed by atoms with E-state index in [1.54, 1.807) is 29.9 Å². The van der Waals surface area contributed by atoms with Crippen LogP contribution in [0.15, 0.2) is 78.0 Å². The molecule has 0 aliphatic heterocycles. The van der Waals surface area contributed by atoms with Gasteiger partial charge >= 0.3 is 0 Å². The zero-order valence-electron chi connectivity index (χ0n) is 17.7. The van der Waals surface area contributed by atoms with Gasteiger partial charge in [-0.2, -0.15) is 5.10 Å². The summed E-state index contributed by atoms with van der Waals surface area (Å²) in [5.74, 6) is -0.651. The van der Waals surface area contributed by atoms with Gasteiger partial charge in [-0.3, -0.25) is 14.3 Å². The Labute approximate surface area is 187 Å². The van der Waals surface area contributed by atoms with E-state index in [9.17, 15) is 14.0 Å². The Morgan fingerprint density at radius 2 is 2.00 bits per heavy atom. The van der Waals surface area contributed by atoms with Crippen molar-refractivity contribution in [2.75, 3.05) is 5.32 Å². The lowest BCUT2D eigenvalue weighted by Crippen LogP contribution is -2.16. The number of benzene rings is 2. The third kappa shape index (κ3) is 4.18. The lowest BCUT2D eigenvalue weighted by Gasteiger charge is -2.05. The molecular formula is C25H20FN5O2. The highest BCUT2D eigenvalue weighted by atomic mass is 19.1. The van der Waals surface area contributed by atoms with Crippen molar-refractivity contribution in [2.45, 2.75) is 13.5 Å². The summed E-state index contributed by atoms with van der Waals surface area (Å²) >= 11 is 0. The van der Waals surface area contributed by atoms with Gasteiger partial charge in [0.2, 0.25) is 0 Å². The van der Waals surface area contributed by atoms with Gasteiger partial charge in [0.05, 0.1) is 35.2 Å². The zero-order chi connectivity index (χ0) is 22.9. The van der Waals surface area contributed by atoms with Crippen LogP contribution in [0.3, 0.4) is 0 Å². The van der Waals surface area contributed by atoms with Crippen LogP contribution in [-0.2, 0) is 6.54 Å². The molecule has 3 aromatic heterocycles. The first kappa shape index (κ1) is 20.4. The predicted octanol–water partition coefficient (Wildman–Crippen LogP) is 4.47. The molecule has 5 aromatic rings. The first-order valence-electron chi connectivity index (χ1n) is 10.4. The Hall–Kier alpha value is -4.46. The van der Waals surface area contributed by atoms with Crippen molar-refractivity contribution in [3.05, 3.63) is 106 Å². The number of nitrogens with zero attached hydrogens (tertiary/aromatic N) is 2. The fraction of sp³-hybridized carbons (Fsp3) is 0.0800. The summed E-state index contributed by atoms with van der Waals surface area (Å²) < 4.78 is 15.4. The lowest BCUT2D eigenvalue weighted by atomic mass is 10.1. The van der Waals surface area contributed by atoms with Crippen LogP contribution in [0.4, 0.5) is 10.1 Å². The second kappa shape index (κ2) is 8.23. The number of para-hydroxylation sites is 1. The molecule has 0 aliphatic carbocycles. The molecule has 5 rings (SSSR count). The Morgan fingerprint density at radius 1 is 1.15 bits per heavy atom. The largest absolute Gasteiger partial charge is 0.354 e. The molecule has 3 N–H and O–H groups in total. The van der Waals surface area contributed by atoms with E-state index < -0.39 is 0 Å². The third-order valence-electron chi connectivity index (χ3n) is 5.46. The van der Waals surface area contributed by atoms with Crippen LogP contribution in [0.5, 0.6) is 0 Å². The van der Waals surface area contributed by atoms with Crippen LogP contribution in [-0.4, -0.2) is 25.7 Å². The van der Waals surface area contributed by atoms with Gasteiger partial charge in [-0.25, -0.2) is 4.39 Å². The molecule has 33 heavy (non-hydrogen) atoms. The van der Waals surface area contributed by atoms with Gasteiger partial charge in [0.15, 0.2) is 0 Å². The number of H-pyrrole nitrogens is 2. The van der Waals surface area contributed by atoms with Crippen molar-refractivity contribution in [1.82, 2.24) is 19.7 Å². The van der Waals surface area contributed by atoms with E-state index in [1.807, 2.05) is 36.4 Å². The standard InChI is InChI=1S/C25H20FN5O2/c1-15-6-7-16(8-21(15)26)13-31-14-19(12-28-31)29-24(32)18-9-20(25(33)27-11-18)23-10-17-4-2-3-5-22(17)30-23/h2-12,14,30H,13H2,1H3,(H,27,33)(H,29,32). The fourth-order valence-electron chi connectivity index (χ4n) is 3.67. The number of pyridine rings is 1. The number of anilines is 1. The number of aryl methyl sites for hydroxylation is 1. The lowest BCUT2D eigenvalue weighted by molar-refractivity contribution is 0.102. The number of halogens is 1. The minimum absolute atomic E-state index is 0.267. The Morgan fingerprint density at radius 3 is 2.82 bits per heavy atom. The molecule has 0 bridgehead atoms. The van der Waals surface area contributed by atoms with Crippen LogP contribution in [0, 0.1) is 12.7 Å². The average Bonchev–Trinajstić information content (AvgIpc) is 3.43. The van der Waals surface area contributed by atoms with Crippen molar-refractivity contribution in [3.8, 4) is 11.3 Å². The minimum Gasteiger partial charge on any atom is -0.354 e. The molecule has 0 unspecified atom stereocenters. The van der Waals surface area contributed by atoms with Crippen molar-refractivity contribution < 1.29 is 9.18 Å². The monoisotopic (exact) mass is 441 g/mol. The van der Waals surface area contributed by atoms with Gasteiger partial charge in [-0.1, -0.05) is 30.3 Å². The number of rotatable bonds is 5. The highest BCUT2D eigenvalue weighted by Gasteiger charge is 2.13. The highest BCUT2D eigenvalue weighted by Crippen LogP contribution is 2.22. The summed E-state index contributed by atoms with van der Waals surface area (Å²) in [7, 11) is 0. The second-order valence-corrected chi connectivity index (χ2v) is 7.87. The van der Waals surface area contributed by atoms with Crippen molar-refractivity contribution >= 4 is 22.5 Å². The molecule has 0 saturated heterocycles. The molecule has 7 nitrogen and oxygen atoms in total. The summed E-state index contributed by atoms with van der Waals surface area (Å²) in [5, 5.41) is 7.99. The van der Waals surface area contributed by atoms with E-state index in [-0.39, 0.29) is 17.3 Å². The quantitative estimate of drug-likeness (QED) is 0.376. The number of aromatic amines is 2. The smallest absolute Gasteiger partial charge is 0.257 e. The number of hydrogen-bond acceptors (Lipinski definition) is 3. The van der Waals surface area contributed by atoms with Crippen molar-refractivity contribution in [3.63, 3.8) is 0 Å². The molecule has 0 spiro atoms. The maximum Gasteiger partial charge on any atom is 0.257 e. The van der Waals surface area contributed by atoms with Crippen LogP contribution in [0.1, 0.15) is 21.5 Å². The number of hydrogen-bond donors (Lipinski definition) is 3. The molecule has 2 aromatic carbocycles. The molecule has 0 radical (unpaired) electrons. The zero-order valence-corrected chi connectivity index (χ0v) is 17.7. The van der Waals surface area contributed by atoms with Gasteiger partial charge in [-0.05, 0) is 42.3 Å². The fourth-order valence-corrected chi connectivity index (χ4v) is 3.67. The Balaban J connectivity index is 1.34. The summed E-state index contributed by atoms with van der Waals surface area (Å²) in [4.78, 5) is 31.0. The summed E-state index contributed by atoms with van der Waals surface area (Å²) in [6.07, 6.45) is 4.57. The molecule has 164 valence electrons. The maximum absolute atomic E-state index is 13.8. The van der Waals surface area contributed by atoms with Gasteiger partial charge in [0, 0.05) is 23.3 Å². The number of aromatic nitrogens is 4. The minimum atomic E-state index is -0.385. The van der Waals surface area contributed by atoms with E-state index in [1.165, 1.54) is 18.5 Å². The van der Waals surface area contributed by atoms with Crippen LogP contribution in [0.2, 0.25) is 0 Å². The molecule has 8 heteroatoms. The second-order valence-electron chi connectivity index (χ2n) is 7.87. The first-order chi connectivity index (χ1) is 16.0. The molecule has 0 fully saturated rings. The summed E-state index contributed by atoms with van der Waals surface area (Å²) in [6, 6.07) is 16.2. The van der Waals surface area contributed by atoms with E-state index in [4.69, 9.17) is 0 Å². The third-order valence-corrected chi connectivity index (χ3v) is 5.46. The Bertz CT molecular complexity index is 1510. The molecule has 1 amide bonds. The maximum atomic E-state index is 13.8. The summed E-state index contributed by atoms with van der Waals surface area (Å²) in [5.41, 5.74) is 3.75. The van der Waals surface area contributed by atoms with Gasteiger partial charge in [-0.15, -0.1) is 0 Å². The van der Waals surface area contributed by atoms with E-state index in [2.05, 4.69) is 20.4 Å². The average molecular weight is 441 g/mol. The number of fused-ring (bicyclic) bond motifs is 1. The van der Waals surface area contributed by atoms with E-state index >= 15 is 0 Å². The van der Waals surface area contributed by atoms with Gasteiger partial charge < -0.3 is 15.3 Å². The SMILES string of the molecule is Cc1ccc(Cn2cc(NC(=O)c3c[nH]c(=O)c(-c4cc5ccccc5[nH]4)c3)cn2)cc1F. The molecule has 0 aliphatic rings. The molecule has 0 atom stereocenters. The van der Waals surface area contributed by atoms with Crippen molar-refractivity contribution in [2.24, 2.45) is 0 Å². The molecular weight excluding hydrogens is 421 g/mol. The van der Waals surface area contributed by atoms with Gasteiger partial charge in [0.25, 0.3) is 11.5 Å². The van der Waals surface area contributed by atoms with E-state index in [0.29, 0.717) is 34.6 Å². The van der Waals surface area contributed by atoms with Gasteiger partial charge in [0.1, 0.15) is 5.82 Å². The topological polar surface area (TPSA) is 95.6 Å². The molecule has 3 heterocycles. The number of carbonyl (C=O) groups is 1. The number of carbonyl (C=O) groups excluding carboxylic acids is 1. The highest BCUT2D eigenvalue weighted by molar-refractivity contribution is 6.04. The van der Waals surface area contributed by atoms with Crippen LogP contribution >= 0.6 is 0 Å². The van der Waals surface area contributed by atoms with Crippen LogP contribution < -0.4 is 10.9 Å². The van der Waals surface area contributed by atoms with Crippen molar-refractivity contribution in [1.29, 1.82) is 0 Å². The Kier molecular flexibility index (Phi) is 5.10. The first-order valence-corrected chi connectivity index (χ1v) is 10.4. The summed E-state index contributed by atoms with van der Waals surface area (Å²) in [6.45, 7) is 2.08. The number of amides is 1. The molecule has 0 saturated carbocycles. The van der Waals surface area contributed by atoms with Crippen LogP contribution in [0.25, 0.3) is 22.2 Å².